The number of carbonyl (C=O) groups excluding carboxylic acids is 1. The third kappa shape index (κ3) is 5.71. The third-order valence-corrected chi connectivity index (χ3v) is 5.58. The lowest BCUT2D eigenvalue weighted by Crippen LogP contribution is -2.28. The number of rotatable bonds is 9. The second-order valence-corrected chi connectivity index (χ2v) is 8.68. The fourth-order valence-electron chi connectivity index (χ4n) is 2.36. The molecule has 0 saturated carbocycles. The molecule has 2 aromatic rings. The summed E-state index contributed by atoms with van der Waals surface area (Å²) in [5.74, 6) is 0.816. The van der Waals surface area contributed by atoms with E-state index >= 15 is 0 Å². The van der Waals surface area contributed by atoms with Crippen molar-refractivity contribution in [1.82, 2.24) is 9.62 Å². The molecule has 0 atom stereocenters. The van der Waals surface area contributed by atoms with Crippen LogP contribution in [-0.4, -0.2) is 52.0 Å². The van der Waals surface area contributed by atoms with Gasteiger partial charge in [0.25, 0.3) is 5.91 Å². The quantitative estimate of drug-likeness (QED) is 0.647. The van der Waals surface area contributed by atoms with Gasteiger partial charge in [-0.1, -0.05) is 12.1 Å². The first-order valence-corrected chi connectivity index (χ1v) is 10.3. The Hall–Kier alpha value is -2.58. The summed E-state index contributed by atoms with van der Waals surface area (Å²) in [7, 11) is -0.507. The summed E-state index contributed by atoms with van der Waals surface area (Å²) < 4.78 is 36.4. The first-order valence-electron chi connectivity index (χ1n) is 8.91. The van der Waals surface area contributed by atoms with E-state index in [-0.39, 0.29) is 23.5 Å². The zero-order chi connectivity index (χ0) is 20.7. The summed E-state index contributed by atoms with van der Waals surface area (Å²) >= 11 is 0. The van der Waals surface area contributed by atoms with Crippen molar-refractivity contribution in [2.75, 3.05) is 27.2 Å². The van der Waals surface area contributed by atoms with Gasteiger partial charge in [-0.25, -0.2) is 12.7 Å². The smallest absolute Gasteiger partial charge is 0.255 e. The van der Waals surface area contributed by atoms with Gasteiger partial charge in [0.05, 0.1) is 23.1 Å². The number of nitrogens with one attached hydrogen (secondary N) is 1. The normalized spacial score (nSPS) is 11.5. The predicted molar refractivity (Wildman–Crippen MR) is 107 cm³/mol. The van der Waals surface area contributed by atoms with Crippen molar-refractivity contribution >= 4 is 15.9 Å². The largest absolute Gasteiger partial charge is 0.492 e. The average Bonchev–Trinajstić information content (AvgIpc) is 2.65. The molecule has 0 aromatic heterocycles. The van der Waals surface area contributed by atoms with Crippen LogP contribution >= 0.6 is 0 Å². The average molecular weight is 407 g/mol. The molecule has 0 fully saturated rings. The molecule has 1 N–H and O–H groups in total. The summed E-state index contributed by atoms with van der Waals surface area (Å²) in [5.41, 5.74) is 0.467. The van der Waals surface area contributed by atoms with E-state index in [4.69, 9.17) is 9.47 Å². The van der Waals surface area contributed by atoms with Crippen LogP contribution in [-0.2, 0) is 10.0 Å². The molecule has 0 spiro atoms. The molecule has 0 bridgehead atoms. The highest BCUT2D eigenvalue weighted by Gasteiger charge is 2.16. The molecule has 152 valence electrons. The van der Waals surface area contributed by atoms with Gasteiger partial charge in [0.2, 0.25) is 10.0 Å². The fourth-order valence-corrected chi connectivity index (χ4v) is 3.26. The lowest BCUT2D eigenvalue weighted by Gasteiger charge is -2.14. The minimum absolute atomic E-state index is 0.0310. The van der Waals surface area contributed by atoms with Crippen molar-refractivity contribution < 1.29 is 22.7 Å². The molecular weight excluding hydrogens is 380 g/mol. The van der Waals surface area contributed by atoms with E-state index in [1.54, 1.807) is 30.3 Å². The Morgan fingerprint density at radius 2 is 1.71 bits per heavy atom. The Kier molecular flexibility index (Phi) is 7.42. The Bertz CT molecular complexity index is 893. The Balaban J connectivity index is 1.87. The van der Waals surface area contributed by atoms with Crippen LogP contribution in [0.2, 0.25) is 0 Å². The van der Waals surface area contributed by atoms with Crippen LogP contribution in [0, 0.1) is 0 Å². The van der Waals surface area contributed by atoms with Crippen LogP contribution in [0.15, 0.2) is 53.4 Å². The van der Waals surface area contributed by atoms with Crippen LogP contribution in [0.1, 0.15) is 24.2 Å². The SMILES string of the molecule is CC(C)Oc1ccccc1C(=O)NCCOc1ccc(S(=O)(=O)N(C)C)cc1. The molecule has 0 aliphatic rings. The standard InChI is InChI=1S/C20H26N2O5S/c1-15(2)27-19-8-6-5-7-18(19)20(23)21-13-14-26-16-9-11-17(12-10-16)28(24,25)22(3)4/h5-12,15H,13-14H2,1-4H3,(H,21,23). The number of carbonyl (C=O) groups is 1. The maximum atomic E-state index is 12.4. The second-order valence-electron chi connectivity index (χ2n) is 6.53. The Labute approximate surface area is 166 Å². The summed E-state index contributed by atoms with van der Waals surface area (Å²) in [4.78, 5) is 12.6. The third-order valence-electron chi connectivity index (χ3n) is 3.75. The molecule has 28 heavy (non-hydrogen) atoms. The fraction of sp³-hybridized carbons (Fsp3) is 0.350. The van der Waals surface area contributed by atoms with Gasteiger partial charge in [-0.05, 0) is 50.2 Å². The number of para-hydroxylation sites is 1. The van der Waals surface area contributed by atoms with E-state index in [0.717, 1.165) is 4.31 Å². The molecule has 0 radical (unpaired) electrons. The van der Waals surface area contributed by atoms with Gasteiger partial charge < -0.3 is 14.8 Å². The Morgan fingerprint density at radius 3 is 2.32 bits per heavy atom. The maximum Gasteiger partial charge on any atom is 0.255 e. The molecule has 2 rings (SSSR count). The minimum Gasteiger partial charge on any atom is -0.492 e. The summed E-state index contributed by atoms with van der Waals surface area (Å²) in [6.07, 6.45) is -0.0310. The number of benzene rings is 2. The van der Waals surface area contributed by atoms with Crippen molar-refractivity contribution in [1.29, 1.82) is 0 Å². The first-order chi connectivity index (χ1) is 13.2. The predicted octanol–water partition coefficient (Wildman–Crippen LogP) is 2.53. The molecule has 0 saturated heterocycles. The Morgan fingerprint density at radius 1 is 1.07 bits per heavy atom. The van der Waals surface area contributed by atoms with Gasteiger partial charge in [-0.3, -0.25) is 4.79 Å². The van der Waals surface area contributed by atoms with Gasteiger partial charge in [0.15, 0.2) is 0 Å². The summed E-state index contributed by atoms with van der Waals surface area (Å²) in [6, 6.07) is 13.2. The molecule has 7 nitrogen and oxygen atoms in total. The van der Waals surface area contributed by atoms with E-state index < -0.39 is 10.0 Å². The van der Waals surface area contributed by atoms with E-state index in [1.807, 2.05) is 19.9 Å². The zero-order valence-corrected chi connectivity index (χ0v) is 17.3. The van der Waals surface area contributed by atoms with Crippen molar-refractivity contribution in [3.8, 4) is 11.5 Å². The molecule has 0 aliphatic heterocycles. The highest BCUT2D eigenvalue weighted by Crippen LogP contribution is 2.20. The van der Waals surface area contributed by atoms with Crippen molar-refractivity contribution in [2.45, 2.75) is 24.8 Å². The first kappa shape index (κ1) is 21.7. The molecule has 0 heterocycles. The van der Waals surface area contributed by atoms with Gasteiger partial charge >= 0.3 is 0 Å². The van der Waals surface area contributed by atoms with Gasteiger partial charge in [-0.2, -0.15) is 0 Å². The molecule has 0 aliphatic carbocycles. The van der Waals surface area contributed by atoms with Crippen LogP contribution < -0.4 is 14.8 Å². The van der Waals surface area contributed by atoms with E-state index in [2.05, 4.69) is 5.32 Å². The zero-order valence-electron chi connectivity index (χ0n) is 16.5. The molecule has 1 amide bonds. The summed E-state index contributed by atoms with van der Waals surface area (Å²) in [5, 5.41) is 2.79. The molecule has 0 unspecified atom stereocenters. The molecule has 8 heteroatoms. The number of ether oxygens (including phenoxy) is 2. The lowest BCUT2D eigenvalue weighted by molar-refractivity contribution is 0.0941. The van der Waals surface area contributed by atoms with Crippen molar-refractivity contribution in [3.63, 3.8) is 0 Å². The lowest BCUT2D eigenvalue weighted by atomic mass is 10.2. The van der Waals surface area contributed by atoms with Gasteiger partial charge in [-0.15, -0.1) is 0 Å². The summed E-state index contributed by atoms with van der Waals surface area (Å²) in [6.45, 7) is 4.35. The highest BCUT2D eigenvalue weighted by molar-refractivity contribution is 7.89. The number of sulfonamides is 1. The van der Waals surface area contributed by atoms with E-state index in [9.17, 15) is 13.2 Å². The van der Waals surface area contributed by atoms with Crippen molar-refractivity contribution in [2.24, 2.45) is 0 Å². The van der Waals surface area contributed by atoms with Crippen LogP contribution in [0.25, 0.3) is 0 Å². The number of hydrogen-bond acceptors (Lipinski definition) is 5. The second kappa shape index (κ2) is 9.57. The topological polar surface area (TPSA) is 84.9 Å². The van der Waals surface area contributed by atoms with E-state index in [1.165, 1.54) is 26.2 Å². The molecular formula is C20H26N2O5S. The number of hydrogen-bond donors (Lipinski definition) is 1. The number of nitrogens with zero attached hydrogens (tertiary/aromatic N) is 1. The maximum absolute atomic E-state index is 12.4. The van der Waals surface area contributed by atoms with Gasteiger partial charge in [0.1, 0.15) is 18.1 Å². The monoisotopic (exact) mass is 406 g/mol. The van der Waals surface area contributed by atoms with Crippen molar-refractivity contribution in [3.05, 3.63) is 54.1 Å². The van der Waals surface area contributed by atoms with Crippen LogP contribution in [0.5, 0.6) is 11.5 Å². The number of amides is 1. The highest BCUT2D eigenvalue weighted by atomic mass is 32.2. The molecule has 2 aromatic carbocycles. The van der Waals surface area contributed by atoms with E-state index in [0.29, 0.717) is 23.6 Å². The van der Waals surface area contributed by atoms with Gasteiger partial charge in [0, 0.05) is 14.1 Å². The minimum atomic E-state index is -3.46. The van der Waals surface area contributed by atoms with Crippen LogP contribution in [0.4, 0.5) is 0 Å². The van der Waals surface area contributed by atoms with Crippen LogP contribution in [0.3, 0.4) is 0 Å².